The summed E-state index contributed by atoms with van der Waals surface area (Å²) in [6, 6.07) is 3.36. The molecular weight excluding hydrogens is 358 g/mol. The van der Waals surface area contributed by atoms with Crippen molar-refractivity contribution in [2.75, 3.05) is 19.7 Å². The first kappa shape index (κ1) is 17.2. The fourth-order valence-corrected chi connectivity index (χ4v) is 7.06. The van der Waals surface area contributed by atoms with Crippen LogP contribution in [0.25, 0.3) is 0 Å². The van der Waals surface area contributed by atoms with Crippen LogP contribution < -0.4 is 4.74 Å². The van der Waals surface area contributed by atoms with Crippen molar-refractivity contribution in [1.82, 2.24) is 0 Å². The summed E-state index contributed by atoms with van der Waals surface area (Å²) < 4.78 is 12.5. The lowest BCUT2D eigenvalue weighted by molar-refractivity contribution is -0.924. The molecule has 150 valence electrons. The minimum atomic E-state index is -0.693. The molecule has 2 saturated carbocycles. The van der Waals surface area contributed by atoms with E-state index in [1.54, 1.807) is 6.07 Å². The molecule has 6 nitrogen and oxygen atoms in total. The van der Waals surface area contributed by atoms with Gasteiger partial charge < -0.3 is 24.4 Å². The van der Waals surface area contributed by atoms with Gasteiger partial charge in [-0.2, -0.15) is 0 Å². The largest absolute Gasteiger partial charge is 0.632 e. The van der Waals surface area contributed by atoms with E-state index in [4.69, 9.17) is 9.47 Å². The summed E-state index contributed by atoms with van der Waals surface area (Å²) in [6.07, 6.45) is 3.82. The molecular formula is C22H27NO5. The van der Waals surface area contributed by atoms with Gasteiger partial charge in [0.2, 0.25) is 0 Å². The van der Waals surface area contributed by atoms with Gasteiger partial charge in [-0.05, 0) is 37.8 Å². The molecule has 3 aliphatic carbocycles. The quantitative estimate of drug-likeness (QED) is 0.637. The maximum atomic E-state index is 14.2. The van der Waals surface area contributed by atoms with Gasteiger partial charge in [0.05, 0.1) is 18.5 Å². The van der Waals surface area contributed by atoms with Crippen LogP contribution in [0.4, 0.5) is 0 Å². The number of phenolic OH excluding ortho intramolecular Hbond substituents is 1. The molecule has 0 amide bonds. The number of quaternary nitrogens is 1. The predicted octanol–water partition coefficient (Wildman–Crippen LogP) is 2.58. The van der Waals surface area contributed by atoms with Crippen molar-refractivity contribution in [2.45, 2.75) is 68.6 Å². The number of ether oxygens (including phenoxy) is 2. The first-order valence-corrected chi connectivity index (χ1v) is 10.7. The van der Waals surface area contributed by atoms with Crippen LogP contribution in [-0.4, -0.2) is 53.0 Å². The van der Waals surface area contributed by atoms with Gasteiger partial charge in [0.15, 0.2) is 23.4 Å². The average molecular weight is 385 g/mol. The van der Waals surface area contributed by atoms with Gasteiger partial charge in [-0.3, -0.25) is 4.79 Å². The molecule has 0 radical (unpaired) electrons. The van der Waals surface area contributed by atoms with E-state index in [0.29, 0.717) is 57.0 Å². The number of ketones is 1. The van der Waals surface area contributed by atoms with Crippen molar-refractivity contribution in [2.24, 2.45) is 5.92 Å². The molecule has 2 bridgehead atoms. The molecule has 5 atom stereocenters. The van der Waals surface area contributed by atoms with E-state index in [1.807, 2.05) is 13.0 Å². The molecule has 2 aliphatic heterocycles. The number of Topliss-reactive ketones (excluding diaryl/α,β-unsaturated/α-hetero) is 1. The molecule has 2 unspecified atom stereocenters. The van der Waals surface area contributed by atoms with Crippen molar-refractivity contribution >= 4 is 5.78 Å². The van der Waals surface area contributed by atoms with Crippen LogP contribution in [-0.2, 0) is 21.4 Å². The van der Waals surface area contributed by atoms with Crippen molar-refractivity contribution < 1.29 is 24.0 Å². The molecule has 1 saturated heterocycles. The van der Waals surface area contributed by atoms with Crippen LogP contribution in [0.1, 0.15) is 50.2 Å². The van der Waals surface area contributed by atoms with Gasteiger partial charge in [0, 0.05) is 37.4 Å². The highest BCUT2D eigenvalue weighted by Gasteiger charge is 2.77. The molecule has 1 aromatic rings. The van der Waals surface area contributed by atoms with Gasteiger partial charge in [-0.15, -0.1) is 0 Å². The van der Waals surface area contributed by atoms with Gasteiger partial charge in [-0.25, -0.2) is 0 Å². The summed E-state index contributed by atoms with van der Waals surface area (Å²) in [5.41, 5.74) is 0.675. The highest BCUT2D eigenvalue weighted by atomic mass is 16.6. The molecule has 1 N–H and O–H groups in total. The van der Waals surface area contributed by atoms with E-state index in [-0.39, 0.29) is 22.2 Å². The van der Waals surface area contributed by atoms with Crippen molar-refractivity contribution in [3.8, 4) is 11.5 Å². The fourth-order valence-electron chi connectivity index (χ4n) is 7.06. The number of carbonyl (C=O) groups excluding carboxylic acids is 1. The van der Waals surface area contributed by atoms with Crippen molar-refractivity contribution in [3.05, 3.63) is 28.5 Å². The number of benzene rings is 1. The lowest BCUT2D eigenvalue weighted by Crippen LogP contribution is -2.81. The minimum absolute atomic E-state index is 0.0746. The third-order valence-corrected chi connectivity index (χ3v) is 8.21. The molecule has 1 aromatic carbocycles. The predicted molar refractivity (Wildman–Crippen MR) is 101 cm³/mol. The summed E-state index contributed by atoms with van der Waals surface area (Å²) in [5, 5.41) is 24.7. The van der Waals surface area contributed by atoms with E-state index >= 15 is 0 Å². The van der Waals surface area contributed by atoms with E-state index in [2.05, 4.69) is 0 Å². The number of piperidine rings is 1. The number of hydrogen-bond acceptors (Lipinski definition) is 5. The van der Waals surface area contributed by atoms with Crippen LogP contribution in [0.15, 0.2) is 12.1 Å². The minimum Gasteiger partial charge on any atom is -0.632 e. The number of likely N-dealkylation sites (tertiary alicyclic amines) is 1. The van der Waals surface area contributed by atoms with Crippen LogP contribution in [0, 0.1) is 11.1 Å². The highest BCUT2D eigenvalue weighted by molar-refractivity contribution is 5.90. The molecule has 28 heavy (non-hydrogen) atoms. The number of carbonyl (C=O) groups is 1. The number of aromatic hydroxyl groups is 1. The summed E-state index contributed by atoms with van der Waals surface area (Å²) in [7, 11) is 0. The molecule has 6 rings (SSSR count). The second-order valence-electron chi connectivity index (χ2n) is 9.48. The molecule has 0 aromatic heterocycles. The molecule has 3 fully saturated rings. The lowest BCUT2D eigenvalue weighted by atomic mass is 9.48. The number of phenols is 1. The molecule has 5 aliphatic rings. The van der Waals surface area contributed by atoms with Crippen molar-refractivity contribution in [1.29, 1.82) is 0 Å². The lowest BCUT2D eigenvalue weighted by Gasteiger charge is -2.68. The van der Waals surface area contributed by atoms with Gasteiger partial charge in [0.1, 0.15) is 11.6 Å². The normalized spacial score (nSPS) is 42.9. The van der Waals surface area contributed by atoms with Gasteiger partial charge >= 0.3 is 0 Å². The molecule has 6 heteroatoms. The van der Waals surface area contributed by atoms with Crippen LogP contribution in [0.2, 0.25) is 0 Å². The monoisotopic (exact) mass is 385 g/mol. The van der Waals surface area contributed by atoms with Crippen LogP contribution in [0.5, 0.6) is 11.5 Å². The maximum absolute atomic E-state index is 14.2. The van der Waals surface area contributed by atoms with Gasteiger partial charge in [0.25, 0.3) is 0 Å². The van der Waals surface area contributed by atoms with Crippen molar-refractivity contribution in [3.63, 3.8) is 0 Å². The summed E-state index contributed by atoms with van der Waals surface area (Å²) in [5.74, 6) is 1.15. The fraction of sp³-hybridized carbons (Fsp3) is 0.682. The Balaban J connectivity index is 1.62. The number of hydroxylamine groups is 3. The topological polar surface area (TPSA) is 78.8 Å². The first-order chi connectivity index (χ1) is 13.5. The Morgan fingerprint density at radius 1 is 1.36 bits per heavy atom. The zero-order valence-corrected chi connectivity index (χ0v) is 16.3. The second-order valence-corrected chi connectivity index (χ2v) is 9.48. The molecule has 1 spiro atoms. The summed E-state index contributed by atoms with van der Waals surface area (Å²) >= 11 is 0. The van der Waals surface area contributed by atoms with E-state index in [1.165, 1.54) is 0 Å². The Morgan fingerprint density at radius 3 is 2.93 bits per heavy atom. The number of hydrogen-bond donors (Lipinski definition) is 1. The third-order valence-electron chi connectivity index (χ3n) is 8.21. The highest BCUT2D eigenvalue weighted by Crippen LogP contribution is 2.67. The Kier molecular flexibility index (Phi) is 3.26. The SMILES string of the molecule is CCO[C@@]12CCC(=O)C3Oc4c(O)ccc5c4[C@@]31CC[N+]([O-])(CC1CC1)[C@@H]2C5. The second kappa shape index (κ2) is 5.29. The third kappa shape index (κ3) is 1.83. The Bertz CT molecular complexity index is 882. The summed E-state index contributed by atoms with van der Waals surface area (Å²) in [4.78, 5) is 13.0. The van der Waals surface area contributed by atoms with E-state index < -0.39 is 17.1 Å². The first-order valence-electron chi connectivity index (χ1n) is 10.7. The van der Waals surface area contributed by atoms with E-state index in [0.717, 1.165) is 24.0 Å². The van der Waals surface area contributed by atoms with Crippen LogP contribution in [0.3, 0.4) is 0 Å². The zero-order valence-electron chi connectivity index (χ0n) is 16.3. The average Bonchev–Trinajstić information content (AvgIpc) is 3.39. The smallest absolute Gasteiger partial charge is 0.174 e. The number of nitrogens with zero attached hydrogens (tertiary/aromatic N) is 1. The summed E-state index contributed by atoms with van der Waals surface area (Å²) in [6.45, 7) is 3.64. The zero-order chi connectivity index (χ0) is 19.3. The Morgan fingerprint density at radius 2 is 2.18 bits per heavy atom. The van der Waals surface area contributed by atoms with Crippen LogP contribution >= 0.6 is 0 Å². The standard InChI is InChI=1S/C22H27NO5/c1-2-27-22-8-7-16(25)20-21(22)9-10-23(26,12-13-3-4-13)17(22)11-14-5-6-15(24)19(28-20)18(14)21/h5-6,13,17,20,24H,2-4,7-12H2,1H3/t17-,20?,21+,22-,23?/m1/s1. The number of rotatable bonds is 4. The molecule has 2 heterocycles. The maximum Gasteiger partial charge on any atom is 0.174 e. The Labute approximate surface area is 164 Å². The van der Waals surface area contributed by atoms with Gasteiger partial charge in [-0.1, -0.05) is 6.07 Å². The Hall–Kier alpha value is -1.63. The van der Waals surface area contributed by atoms with E-state index in [9.17, 15) is 15.1 Å².